The van der Waals surface area contributed by atoms with Gasteiger partial charge in [0.2, 0.25) is 0 Å². The van der Waals surface area contributed by atoms with E-state index in [4.69, 9.17) is 4.74 Å². The summed E-state index contributed by atoms with van der Waals surface area (Å²) in [5.74, 6) is 0. The Bertz CT molecular complexity index is 154. The zero-order valence-electron chi connectivity index (χ0n) is 9.58. The number of hydrogen-bond acceptors (Lipinski definition) is 3. The lowest BCUT2D eigenvalue weighted by atomic mass is 10.2. The van der Waals surface area contributed by atoms with Crippen molar-refractivity contribution in [1.82, 2.24) is 5.32 Å². The molecule has 0 aliphatic heterocycles. The van der Waals surface area contributed by atoms with Gasteiger partial charge in [0.25, 0.3) is 0 Å². The fourth-order valence-electron chi connectivity index (χ4n) is 2.12. The Morgan fingerprint density at radius 1 is 1.50 bits per heavy atom. The lowest BCUT2D eigenvalue weighted by Gasteiger charge is -2.21. The molecule has 1 fully saturated rings. The highest BCUT2D eigenvalue weighted by Gasteiger charge is 2.25. The second-order valence-electron chi connectivity index (χ2n) is 4.09. The van der Waals surface area contributed by atoms with Crippen molar-refractivity contribution in [2.45, 2.75) is 49.9 Å². The van der Waals surface area contributed by atoms with E-state index in [1.165, 1.54) is 19.3 Å². The van der Waals surface area contributed by atoms with Crippen molar-refractivity contribution < 1.29 is 4.74 Å². The van der Waals surface area contributed by atoms with Crippen LogP contribution in [0.15, 0.2) is 0 Å². The maximum atomic E-state index is 5.19. The van der Waals surface area contributed by atoms with E-state index in [2.05, 4.69) is 18.5 Å². The van der Waals surface area contributed by atoms with E-state index >= 15 is 0 Å². The van der Waals surface area contributed by atoms with Gasteiger partial charge in [-0.2, -0.15) is 11.8 Å². The largest absolute Gasteiger partial charge is 0.383 e. The molecule has 1 aliphatic rings. The molecule has 1 N–H and O–H groups in total. The molecule has 1 saturated carbocycles. The SMILES string of the molecule is CC[C@H](COC)N[C@@H]1CC[C@H](SC)C1. The number of nitrogens with one attached hydrogen (secondary N) is 1. The van der Waals surface area contributed by atoms with Crippen LogP contribution in [0.2, 0.25) is 0 Å². The van der Waals surface area contributed by atoms with Crippen molar-refractivity contribution in [2.24, 2.45) is 0 Å². The zero-order chi connectivity index (χ0) is 10.4. The summed E-state index contributed by atoms with van der Waals surface area (Å²) in [6.45, 7) is 3.06. The van der Waals surface area contributed by atoms with Crippen LogP contribution in [0.3, 0.4) is 0 Å². The van der Waals surface area contributed by atoms with Crippen LogP contribution in [0.25, 0.3) is 0 Å². The molecule has 3 heteroatoms. The normalized spacial score (nSPS) is 29.4. The molecular weight excluding hydrogens is 194 g/mol. The Morgan fingerprint density at radius 3 is 2.79 bits per heavy atom. The molecule has 0 radical (unpaired) electrons. The lowest BCUT2D eigenvalue weighted by molar-refractivity contribution is 0.158. The molecule has 14 heavy (non-hydrogen) atoms. The van der Waals surface area contributed by atoms with Gasteiger partial charge in [-0.15, -0.1) is 0 Å². The minimum atomic E-state index is 0.547. The maximum Gasteiger partial charge on any atom is 0.0615 e. The average molecular weight is 217 g/mol. The lowest BCUT2D eigenvalue weighted by Crippen LogP contribution is -2.39. The van der Waals surface area contributed by atoms with Crippen LogP contribution in [0, 0.1) is 0 Å². The van der Waals surface area contributed by atoms with Gasteiger partial charge in [0.15, 0.2) is 0 Å². The van der Waals surface area contributed by atoms with Crippen LogP contribution in [0.5, 0.6) is 0 Å². The molecule has 3 atom stereocenters. The van der Waals surface area contributed by atoms with Crippen LogP contribution in [0.4, 0.5) is 0 Å². The molecule has 0 aromatic rings. The highest BCUT2D eigenvalue weighted by Crippen LogP contribution is 2.28. The van der Waals surface area contributed by atoms with E-state index in [1.807, 2.05) is 11.8 Å². The first-order valence-electron chi connectivity index (χ1n) is 5.57. The summed E-state index contributed by atoms with van der Waals surface area (Å²) in [5, 5.41) is 4.57. The molecule has 1 rings (SSSR count). The summed E-state index contributed by atoms with van der Waals surface area (Å²) < 4.78 is 5.19. The van der Waals surface area contributed by atoms with Crippen LogP contribution in [-0.4, -0.2) is 37.3 Å². The van der Waals surface area contributed by atoms with E-state index in [0.29, 0.717) is 6.04 Å². The molecule has 0 aromatic heterocycles. The summed E-state index contributed by atoms with van der Waals surface area (Å²) in [7, 11) is 1.78. The Labute approximate surface area is 92.2 Å². The van der Waals surface area contributed by atoms with Gasteiger partial charge in [-0.25, -0.2) is 0 Å². The van der Waals surface area contributed by atoms with Crippen molar-refractivity contribution in [1.29, 1.82) is 0 Å². The maximum absolute atomic E-state index is 5.19. The predicted octanol–water partition coefficient (Wildman–Crippen LogP) is 2.29. The standard InChI is InChI=1S/C11H23NOS/c1-4-9(8-13-2)12-10-5-6-11(7-10)14-3/h9-12H,4-8H2,1-3H3/t9-,10-,11+/m1/s1. The van der Waals surface area contributed by atoms with E-state index < -0.39 is 0 Å². The van der Waals surface area contributed by atoms with Gasteiger partial charge in [0.05, 0.1) is 6.61 Å². The van der Waals surface area contributed by atoms with Crippen molar-refractivity contribution in [3.05, 3.63) is 0 Å². The first kappa shape index (κ1) is 12.3. The van der Waals surface area contributed by atoms with Crippen molar-refractivity contribution in [2.75, 3.05) is 20.0 Å². The molecule has 0 aromatic carbocycles. The topological polar surface area (TPSA) is 21.3 Å². The number of hydrogen-bond donors (Lipinski definition) is 1. The second kappa shape index (κ2) is 6.70. The number of methoxy groups -OCH3 is 1. The van der Waals surface area contributed by atoms with Crippen LogP contribution in [-0.2, 0) is 4.74 Å². The second-order valence-corrected chi connectivity index (χ2v) is 5.23. The molecule has 0 unspecified atom stereocenters. The molecule has 0 amide bonds. The number of rotatable bonds is 6. The molecular formula is C11H23NOS. The third kappa shape index (κ3) is 3.79. The van der Waals surface area contributed by atoms with Gasteiger partial charge in [0.1, 0.15) is 0 Å². The summed E-state index contributed by atoms with van der Waals surface area (Å²) in [4.78, 5) is 0. The first-order chi connectivity index (χ1) is 6.80. The fourth-order valence-corrected chi connectivity index (χ4v) is 2.92. The van der Waals surface area contributed by atoms with Gasteiger partial charge >= 0.3 is 0 Å². The Balaban J connectivity index is 2.22. The molecule has 84 valence electrons. The zero-order valence-corrected chi connectivity index (χ0v) is 10.4. The Kier molecular flexibility index (Phi) is 5.90. The van der Waals surface area contributed by atoms with Crippen molar-refractivity contribution in [3.8, 4) is 0 Å². The first-order valence-corrected chi connectivity index (χ1v) is 6.86. The molecule has 1 aliphatic carbocycles. The molecule has 0 bridgehead atoms. The van der Waals surface area contributed by atoms with Gasteiger partial charge in [-0.3, -0.25) is 0 Å². The Morgan fingerprint density at radius 2 is 2.29 bits per heavy atom. The van der Waals surface area contributed by atoms with Gasteiger partial charge in [-0.1, -0.05) is 6.92 Å². The van der Waals surface area contributed by atoms with E-state index in [-0.39, 0.29) is 0 Å². The van der Waals surface area contributed by atoms with E-state index in [9.17, 15) is 0 Å². The summed E-state index contributed by atoms with van der Waals surface area (Å²) >= 11 is 2.01. The molecule has 0 saturated heterocycles. The van der Waals surface area contributed by atoms with Crippen molar-refractivity contribution in [3.63, 3.8) is 0 Å². The summed E-state index contributed by atoms with van der Waals surface area (Å²) in [6, 6.07) is 1.28. The number of ether oxygens (including phenoxy) is 1. The van der Waals surface area contributed by atoms with Gasteiger partial charge in [0, 0.05) is 24.4 Å². The van der Waals surface area contributed by atoms with Gasteiger partial charge in [-0.05, 0) is 31.9 Å². The van der Waals surface area contributed by atoms with E-state index in [0.717, 1.165) is 24.3 Å². The highest BCUT2D eigenvalue weighted by molar-refractivity contribution is 7.99. The Hall–Kier alpha value is 0.270. The quantitative estimate of drug-likeness (QED) is 0.737. The minimum absolute atomic E-state index is 0.547. The third-order valence-corrected chi connectivity index (χ3v) is 4.14. The fraction of sp³-hybridized carbons (Fsp3) is 1.00. The third-order valence-electron chi connectivity index (χ3n) is 3.05. The molecule has 0 heterocycles. The monoisotopic (exact) mass is 217 g/mol. The summed E-state index contributed by atoms with van der Waals surface area (Å²) in [5.41, 5.74) is 0. The number of thioether (sulfide) groups is 1. The van der Waals surface area contributed by atoms with Crippen molar-refractivity contribution >= 4 is 11.8 Å². The van der Waals surface area contributed by atoms with Gasteiger partial charge < -0.3 is 10.1 Å². The van der Waals surface area contributed by atoms with E-state index in [1.54, 1.807) is 7.11 Å². The predicted molar refractivity (Wildman–Crippen MR) is 64.0 cm³/mol. The smallest absolute Gasteiger partial charge is 0.0615 e. The molecule has 2 nitrogen and oxygen atoms in total. The highest BCUT2D eigenvalue weighted by atomic mass is 32.2. The molecule has 0 spiro atoms. The van der Waals surface area contributed by atoms with Crippen LogP contribution in [0.1, 0.15) is 32.6 Å². The average Bonchev–Trinajstić information content (AvgIpc) is 2.65. The van der Waals surface area contributed by atoms with Crippen LogP contribution < -0.4 is 5.32 Å². The van der Waals surface area contributed by atoms with Crippen LogP contribution >= 0.6 is 11.8 Å². The summed E-state index contributed by atoms with van der Waals surface area (Å²) in [6.07, 6.45) is 7.43. The minimum Gasteiger partial charge on any atom is -0.383 e.